The lowest BCUT2D eigenvalue weighted by Crippen LogP contribution is -2.29. The average molecular weight is 334 g/mol. The van der Waals surface area contributed by atoms with Crippen molar-refractivity contribution in [3.05, 3.63) is 57.2 Å². The molecule has 1 atom stereocenters. The number of hydrazine groups is 1. The fraction of sp³-hybridized carbons (Fsp3) is 0.167. The SMILES string of the molecule is NNC(Cc1cccc(F)c1Br)c1ccoc1Cl. The molecule has 6 heteroatoms. The van der Waals surface area contributed by atoms with Gasteiger partial charge in [0.1, 0.15) is 5.82 Å². The predicted molar refractivity (Wildman–Crippen MR) is 71.6 cm³/mol. The van der Waals surface area contributed by atoms with Gasteiger partial charge in [0.2, 0.25) is 0 Å². The molecule has 1 heterocycles. The first-order chi connectivity index (χ1) is 8.63. The summed E-state index contributed by atoms with van der Waals surface area (Å²) in [6, 6.07) is 6.36. The molecule has 0 bridgehead atoms. The fourth-order valence-corrected chi connectivity index (χ4v) is 2.41. The monoisotopic (exact) mass is 332 g/mol. The molecule has 0 aliphatic rings. The molecule has 96 valence electrons. The number of hydrogen-bond acceptors (Lipinski definition) is 3. The number of furan rings is 1. The van der Waals surface area contributed by atoms with Crippen LogP contribution in [0.1, 0.15) is 17.2 Å². The molecule has 2 rings (SSSR count). The van der Waals surface area contributed by atoms with Gasteiger partial charge in [0, 0.05) is 5.56 Å². The molecular formula is C12H11BrClFN2O. The van der Waals surface area contributed by atoms with Gasteiger partial charge >= 0.3 is 0 Å². The Balaban J connectivity index is 2.26. The lowest BCUT2D eigenvalue weighted by Gasteiger charge is -2.15. The van der Waals surface area contributed by atoms with Crippen LogP contribution < -0.4 is 11.3 Å². The summed E-state index contributed by atoms with van der Waals surface area (Å²) in [5.74, 6) is 5.21. The Morgan fingerprint density at radius 2 is 2.22 bits per heavy atom. The zero-order valence-corrected chi connectivity index (χ0v) is 11.6. The van der Waals surface area contributed by atoms with Crippen LogP contribution in [0, 0.1) is 5.82 Å². The summed E-state index contributed by atoms with van der Waals surface area (Å²) in [6.45, 7) is 0. The Bertz CT molecular complexity index is 547. The molecular weight excluding hydrogens is 322 g/mol. The molecule has 2 aromatic rings. The molecule has 0 saturated carbocycles. The van der Waals surface area contributed by atoms with E-state index in [0.717, 1.165) is 11.1 Å². The highest BCUT2D eigenvalue weighted by Gasteiger charge is 2.18. The summed E-state index contributed by atoms with van der Waals surface area (Å²) in [7, 11) is 0. The van der Waals surface area contributed by atoms with E-state index < -0.39 is 0 Å². The van der Waals surface area contributed by atoms with Gasteiger partial charge in [0.25, 0.3) is 0 Å². The second kappa shape index (κ2) is 5.84. The molecule has 0 aliphatic carbocycles. The van der Waals surface area contributed by atoms with Gasteiger partial charge < -0.3 is 4.42 Å². The highest BCUT2D eigenvalue weighted by Crippen LogP contribution is 2.29. The minimum Gasteiger partial charge on any atom is -0.453 e. The highest BCUT2D eigenvalue weighted by molar-refractivity contribution is 9.10. The molecule has 3 N–H and O–H groups in total. The van der Waals surface area contributed by atoms with Crippen molar-refractivity contribution in [2.24, 2.45) is 5.84 Å². The topological polar surface area (TPSA) is 51.2 Å². The van der Waals surface area contributed by atoms with Gasteiger partial charge in [0.15, 0.2) is 5.22 Å². The number of nitrogens with one attached hydrogen (secondary N) is 1. The van der Waals surface area contributed by atoms with Crippen molar-refractivity contribution in [1.82, 2.24) is 5.43 Å². The molecule has 1 aromatic carbocycles. The number of halogens is 3. The molecule has 0 aliphatic heterocycles. The molecule has 0 spiro atoms. The zero-order valence-electron chi connectivity index (χ0n) is 9.29. The first-order valence-corrected chi connectivity index (χ1v) is 6.42. The van der Waals surface area contributed by atoms with Crippen molar-refractivity contribution < 1.29 is 8.81 Å². The smallest absolute Gasteiger partial charge is 0.197 e. The molecule has 0 amide bonds. The van der Waals surface area contributed by atoms with E-state index in [1.807, 2.05) is 6.07 Å². The summed E-state index contributed by atoms with van der Waals surface area (Å²) < 4.78 is 18.9. The van der Waals surface area contributed by atoms with Gasteiger partial charge in [-0.2, -0.15) is 0 Å². The van der Waals surface area contributed by atoms with Crippen LogP contribution in [0.2, 0.25) is 5.22 Å². The quantitative estimate of drug-likeness (QED) is 0.664. The third-order valence-electron chi connectivity index (χ3n) is 2.68. The van der Waals surface area contributed by atoms with E-state index in [2.05, 4.69) is 21.4 Å². The van der Waals surface area contributed by atoms with Crippen LogP contribution in [-0.4, -0.2) is 0 Å². The fourth-order valence-electron chi connectivity index (χ4n) is 1.74. The van der Waals surface area contributed by atoms with Crippen LogP contribution in [0.3, 0.4) is 0 Å². The van der Waals surface area contributed by atoms with Gasteiger partial charge in [-0.05, 0) is 51.6 Å². The molecule has 0 radical (unpaired) electrons. The molecule has 0 fully saturated rings. The van der Waals surface area contributed by atoms with E-state index in [0.29, 0.717) is 10.9 Å². The summed E-state index contributed by atoms with van der Waals surface area (Å²) in [6.07, 6.45) is 1.98. The van der Waals surface area contributed by atoms with Crippen LogP contribution in [0.4, 0.5) is 4.39 Å². The van der Waals surface area contributed by atoms with Crippen molar-refractivity contribution in [2.45, 2.75) is 12.5 Å². The Morgan fingerprint density at radius 3 is 2.83 bits per heavy atom. The van der Waals surface area contributed by atoms with Gasteiger partial charge in [-0.3, -0.25) is 11.3 Å². The van der Waals surface area contributed by atoms with Crippen LogP contribution in [0.15, 0.2) is 39.4 Å². The van der Waals surface area contributed by atoms with Crippen molar-refractivity contribution in [2.75, 3.05) is 0 Å². The van der Waals surface area contributed by atoms with Crippen LogP contribution in [-0.2, 0) is 6.42 Å². The minimum atomic E-state index is -0.304. The predicted octanol–water partition coefficient (Wildman–Crippen LogP) is 3.58. The third kappa shape index (κ3) is 2.75. The first kappa shape index (κ1) is 13.5. The van der Waals surface area contributed by atoms with Gasteiger partial charge in [-0.15, -0.1) is 0 Å². The first-order valence-electron chi connectivity index (χ1n) is 5.25. The molecule has 0 saturated heterocycles. The van der Waals surface area contributed by atoms with E-state index in [9.17, 15) is 4.39 Å². The summed E-state index contributed by atoms with van der Waals surface area (Å²) in [4.78, 5) is 0. The number of benzene rings is 1. The lowest BCUT2D eigenvalue weighted by molar-refractivity contribution is 0.524. The van der Waals surface area contributed by atoms with Crippen molar-refractivity contribution in [3.8, 4) is 0 Å². The van der Waals surface area contributed by atoms with Gasteiger partial charge in [-0.1, -0.05) is 12.1 Å². The van der Waals surface area contributed by atoms with E-state index in [1.165, 1.54) is 12.3 Å². The number of nitrogens with two attached hydrogens (primary N) is 1. The third-order valence-corrected chi connectivity index (χ3v) is 3.87. The largest absolute Gasteiger partial charge is 0.453 e. The Morgan fingerprint density at radius 1 is 1.44 bits per heavy atom. The van der Waals surface area contributed by atoms with Crippen molar-refractivity contribution >= 4 is 27.5 Å². The number of hydrogen-bond donors (Lipinski definition) is 2. The summed E-state index contributed by atoms with van der Waals surface area (Å²) >= 11 is 9.12. The Kier molecular flexibility index (Phi) is 4.40. The van der Waals surface area contributed by atoms with Crippen molar-refractivity contribution in [3.63, 3.8) is 0 Å². The molecule has 1 unspecified atom stereocenters. The second-order valence-corrected chi connectivity index (χ2v) is 4.92. The van der Waals surface area contributed by atoms with Crippen LogP contribution in [0.5, 0.6) is 0 Å². The maximum absolute atomic E-state index is 13.4. The van der Waals surface area contributed by atoms with Gasteiger partial charge in [-0.25, -0.2) is 4.39 Å². The Labute approximate surface area is 117 Å². The lowest BCUT2D eigenvalue weighted by atomic mass is 10.0. The van der Waals surface area contributed by atoms with Crippen LogP contribution >= 0.6 is 27.5 Å². The second-order valence-electron chi connectivity index (χ2n) is 3.79. The molecule has 18 heavy (non-hydrogen) atoms. The summed E-state index contributed by atoms with van der Waals surface area (Å²) in [5, 5.41) is 0.283. The highest BCUT2D eigenvalue weighted by atomic mass is 79.9. The van der Waals surface area contributed by atoms with E-state index in [4.69, 9.17) is 21.9 Å². The average Bonchev–Trinajstić information content (AvgIpc) is 2.77. The minimum absolute atomic E-state index is 0.241. The van der Waals surface area contributed by atoms with Crippen LogP contribution in [0.25, 0.3) is 0 Å². The summed E-state index contributed by atoms with van der Waals surface area (Å²) in [5.41, 5.74) is 4.20. The van der Waals surface area contributed by atoms with E-state index in [-0.39, 0.29) is 17.1 Å². The van der Waals surface area contributed by atoms with E-state index in [1.54, 1.807) is 12.1 Å². The maximum Gasteiger partial charge on any atom is 0.197 e. The van der Waals surface area contributed by atoms with Gasteiger partial charge in [0.05, 0.1) is 16.8 Å². The Hall–Kier alpha value is -0.880. The molecule has 1 aromatic heterocycles. The van der Waals surface area contributed by atoms with E-state index >= 15 is 0 Å². The standard InChI is InChI=1S/C12H11BrClFN2O/c13-11-7(2-1-3-9(11)15)6-10(17-16)8-4-5-18-12(8)14/h1-5,10,17H,6,16H2. The normalized spacial score (nSPS) is 12.7. The maximum atomic E-state index is 13.4. The van der Waals surface area contributed by atoms with Crippen molar-refractivity contribution in [1.29, 1.82) is 0 Å². The zero-order chi connectivity index (χ0) is 13.1. The molecule has 3 nitrogen and oxygen atoms in total. The number of rotatable bonds is 4.